The summed E-state index contributed by atoms with van der Waals surface area (Å²) in [5.74, 6) is 0.695. The molecule has 0 radical (unpaired) electrons. The predicted molar refractivity (Wildman–Crippen MR) is 81.9 cm³/mol. The van der Waals surface area contributed by atoms with Crippen LogP contribution in [0.4, 0.5) is 5.82 Å². The average Bonchev–Trinajstić information content (AvgIpc) is 2.48. The van der Waals surface area contributed by atoms with Crippen LogP contribution in [-0.4, -0.2) is 40.4 Å². The van der Waals surface area contributed by atoms with Gasteiger partial charge in [-0.05, 0) is 19.8 Å². The Kier molecular flexibility index (Phi) is 7.62. The largest absolute Gasteiger partial charge is 0.369 e. The maximum absolute atomic E-state index is 12.4. The molecule has 5 heteroatoms. The topological polar surface area (TPSA) is 58.1 Å². The lowest BCUT2D eigenvalue weighted by Gasteiger charge is -2.21. The molecule has 0 aliphatic carbocycles. The lowest BCUT2D eigenvalue weighted by atomic mass is 10.2. The highest BCUT2D eigenvalue weighted by molar-refractivity contribution is 5.92. The molecule has 20 heavy (non-hydrogen) atoms. The molecule has 1 aromatic rings. The van der Waals surface area contributed by atoms with Gasteiger partial charge in [-0.3, -0.25) is 4.79 Å². The summed E-state index contributed by atoms with van der Waals surface area (Å²) in [4.78, 5) is 22.8. The average molecular weight is 278 g/mol. The van der Waals surface area contributed by atoms with E-state index in [1.807, 2.05) is 11.8 Å². The van der Waals surface area contributed by atoms with Crippen LogP contribution < -0.4 is 5.32 Å². The third-order valence-corrected chi connectivity index (χ3v) is 3.08. The van der Waals surface area contributed by atoms with Crippen molar-refractivity contribution in [2.24, 2.45) is 0 Å². The molecule has 1 amide bonds. The third kappa shape index (κ3) is 5.15. The highest BCUT2D eigenvalue weighted by Crippen LogP contribution is 2.07. The molecule has 0 bridgehead atoms. The number of anilines is 1. The van der Waals surface area contributed by atoms with Gasteiger partial charge in [-0.25, -0.2) is 9.97 Å². The van der Waals surface area contributed by atoms with Gasteiger partial charge in [0, 0.05) is 19.6 Å². The molecule has 0 saturated heterocycles. The Balaban J connectivity index is 2.71. The van der Waals surface area contributed by atoms with E-state index in [-0.39, 0.29) is 5.91 Å². The summed E-state index contributed by atoms with van der Waals surface area (Å²) in [5.41, 5.74) is 0.429. The molecule has 1 heterocycles. The van der Waals surface area contributed by atoms with Crippen LogP contribution in [0.5, 0.6) is 0 Å². The lowest BCUT2D eigenvalue weighted by molar-refractivity contribution is 0.0744. The normalized spacial score (nSPS) is 10.3. The van der Waals surface area contributed by atoms with Gasteiger partial charge in [0.25, 0.3) is 5.91 Å². The minimum Gasteiger partial charge on any atom is -0.369 e. The van der Waals surface area contributed by atoms with Gasteiger partial charge in [0.2, 0.25) is 0 Å². The quantitative estimate of drug-likeness (QED) is 0.754. The van der Waals surface area contributed by atoms with Crippen molar-refractivity contribution < 1.29 is 4.79 Å². The van der Waals surface area contributed by atoms with Gasteiger partial charge in [-0.2, -0.15) is 0 Å². The zero-order valence-corrected chi connectivity index (χ0v) is 12.9. The second-order valence-electron chi connectivity index (χ2n) is 4.82. The van der Waals surface area contributed by atoms with E-state index >= 15 is 0 Å². The number of carbonyl (C=O) groups excluding carboxylic acids is 1. The van der Waals surface area contributed by atoms with E-state index in [4.69, 9.17) is 0 Å². The number of amides is 1. The van der Waals surface area contributed by atoms with Gasteiger partial charge in [0.05, 0.1) is 12.4 Å². The SMILES string of the molecule is CCCCN(CCCC)C(=O)c1cnc(NCC)cn1. The van der Waals surface area contributed by atoms with Gasteiger partial charge < -0.3 is 10.2 Å². The van der Waals surface area contributed by atoms with Crippen LogP contribution >= 0.6 is 0 Å². The van der Waals surface area contributed by atoms with E-state index in [1.165, 1.54) is 0 Å². The molecule has 0 aliphatic heterocycles. The summed E-state index contributed by atoms with van der Waals surface area (Å²) in [5, 5.41) is 3.07. The van der Waals surface area contributed by atoms with Crippen molar-refractivity contribution in [2.45, 2.75) is 46.5 Å². The molecule has 5 nitrogen and oxygen atoms in total. The van der Waals surface area contributed by atoms with Gasteiger partial charge in [0.15, 0.2) is 0 Å². The zero-order valence-electron chi connectivity index (χ0n) is 12.9. The fourth-order valence-electron chi connectivity index (χ4n) is 1.89. The van der Waals surface area contributed by atoms with Gasteiger partial charge in [-0.1, -0.05) is 26.7 Å². The summed E-state index contributed by atoms with van der Waals surface area (Å²) < 4.78 is 0. The fourth-order valence-corrected chi connectivity index (χ4v) is 1.89. The number of nitrogens with zero attached hydrogens (tertiary/aromatic N) is 3. The number of rotatable bonds is 9. The molecular formula is C15H26N4O. The van der Waals surface area contributed by atoms with Crippen molar-refractivity contribution >= 4 is 11.7 Å². The highest BCUT2D eigenvalue weighted by atomic mass is 16.2. The Labute approximate surface area is 121 Å². The molecule has 0 saturated carbocycles. The number of aromatic nitrogens is 2. The minimum absolute atomic E-state index is 0.0116. The van der Waals surface area contributed by atoms with Crippen LogP contribution in [0.3, 0.4) is 0 Å². The molecule has 112 valence electrons. The van der Waals surface area contributed by atoms with Crippen molar-refractivity contribution in [3.8, 4) is 0 Å². The van der Waals surface area contributed by atoms with E-state index < -0.39 is 0 Å². The standard InChI is InChI=1S/C15H26N4O/c1-4-7-9-19(10-8-5-2)15(20)13-11-18-14(12-17-13)16-6-3/h11-12H,4-10H2,1-3H3,(H,16,18). The summed E-state index contributed by atoms with van der Waals surface area (Å²) >= 11 is 0. The molecule has 0 unspecified atom stereocenters. The minimum atomic E-state index is -0.0116. The Morgan fingerprint density at radius 2 is 1.75 bits per heavy atom. The summed E-state index contributed by atoms with van der Waals surface area (Å²) in [6.45, 7) is 8.65. The van der Waals surface area contributed by atoms with Crippen molar-refractivity contribution in [3.05, 3.63) is 18.1 Å². The van der Waals surface area contributed by atoms with E-state index in [2.05, 4.69) is 29.1 Å². The maximum atomic E-state index is 12.4. The van der Waals surface area contributed by atoms with Crippen LogP contribution in [0.2, 0.25) is 0 Å². The summed E-state index contributed by atoms with van der Waals surface area (Å²) in [6, 6.07) is 0. The first-order chi connectivity index (χ1) is 9.72. The van der Waals surface area contributed by atoms with Crippen LogP contribution in [0, 0.1) is 0 Å². The van der Waals surface area contributed by atoms with Crippen molar-refractivity contribution in [3.63, 3.8) is 0 Å². The van der Waals surface area contributed by atoms with Crippen LogP contribution in [0.1, 0.15) is 56.9 Å². The van der Waals surface area contributed by atoms with E-state index in [0.717, 1.165) is 45.3 Å². The monoisotopic (exact) mass is 278 g/mol. The molecule has 0 fully saturated rings. The first-order valence-corrected chi connectivity index (χ1v) is 7.58. The van der Waals surface area contributed by atoms with E-state index in [9.17, 15) is 4.79 Å². The van der Waals surface area contributed by atoms with E-state index in [1.54, 1.807) is 12.4 Å². The third-order valence-electron chi connectivity index (χ3n) is 3.08. The molecular weight excluding hydrogens is 252 g/mol. The van der Waals surface area contributed by atoms with Gasteiger partial charge in [-0.15, -0.1) is 0 Å². The number of hydrogen-bond acceptors (Lipinski definition) is 4. The molecule has 1 rings (SSSR count). The molecule has 1 N–H and O–H groups in total. The Morgan fingerprint density at radius 3 is 2.20 bits per heavy atom. The van der Waals surface area contributed by atoms with Crippen molar-refractivity contribution in [1.29, 1.82) is 0 Å². The summed E-state index contributed by atoms with van der Waals surface area (Å²) in [7, 11) is 0. The fraction of sp³-hybridized carbons (Fsp3) is 0.667. The lowest BCUT2D eigenvalue weighted by Crippen LogP contribution is -2.33. The number of carbonyl (C=O) groups is 1. The first-order valence-electron chi connectivity index (χ1n) is 7.58. The molecule has 0 spiro atoms. The molecule has 0 atom stereocenters. The molecule has 1 aromatic heterocycles. The first kappa shape index (κ1) is 16.4. The van der Waals surface area contributed by atoms with Crippen LogP contribution in [0.15, 0.2) is 12.4 Å². The van der Waals surface area contributed by atoms with E-state index in [0.29, 0.717) is 11.5 Å². The van der Waals surface area contributed by atoms with Crippen molar-refractivity contribution in [1.82, 2.24) is 14.9 Å². The Hall–Kier alpha value is -1.65. The second-order valence-corrected chi connectivity index (χ2v) is 4.82. The Bertz CT molecular complexity index is 383. The van der Waals surface area contributed by atoms with Gasteiger partial charge in [0.1, 0.15) is 11.5 Å². The van der Waals surface area contributed by atoms with Crippen LogP contribution in [-0.2, 0) is 0 Å². The molecule has 0 aliphatic rings. The maximum Gasteiger partial charge on any atom is 0.274 e. The second kappa shape index (κ2) is 9.28. The Morgan fingerprint density at radius 1 is 1.10 bits per heavy atom. The smallest absolute Gasteiger partial charge is 0.274 e. The number of nitrogens with one attached hydrogen (secondary N) is 1. The predicted octanol–water partition coefficient (Wildman–Crippen LogP) is 2.95. The number of unbranched alkanes of at least 4 members (excludes halogenated alkanes) is 2. The highest BCUT2D eigenvalue weighted by Gasteiger charge is 2.16. The number of hydrogen-bond donors (Lipinski definition) is 1. The summed E-state index contributed by atoms with van der Waals surface area (Å²) in [6.07, 6.45) is 7.40. The zero-order chi connectivity index (χ0) is 14.8. The van der Waals surface area contributed by atoms with Crippen LogP contribution in [0.25, 0.3) is 0 Å². The molecule has 0 aromatic carbocycles. The van der Waals surface area contributed by atoms with Gasteiger partial charge >= 0.3 is 0 Å². The van der Waals surface area contributed by atoms with Crippen molar-refractivity contribution in [2.75, 3.05) is 25.0 Å².